The second kappa shape index (κ2) is 7.28. The van der Waals surface area contributed by atoms with E-state index in [4.69, 9.17) is 0 Å². The van der Waals surface area contributed by atoms with Gasteiger partial charge in [0.05, 0.1) is 17.6 Å². The number of benzene rings is 2. The molecule has 3 rings (SSSR count). The monoisotopic (exact) mass is 354 g/mol. The molecule has 1 fully saturated rings. The molecule has 2 unspecified atom stereocenters. The van der Waals surface area contributed by atoms with E-state index in [2.05, 4.69) is 5.32 Å². The summed E-state index contributed by atoms with van der Waals surface area (Å²) in [6, 6.07) is 12.6. The summed E-state index contributed by atoms with van der Waals surface area (Å²) in [5.74, 6) is -1.32. The molecule has 136 valence electrons. The molecule has 0 bridgehead atoms. The Kier molecular flexibility index (Phi) is 5.07. The van der Waals surface area contributed by atoms with Gasteiger partial charge < -0.3 is 10.2 Å². The molecule has 1 saturated heterocycles. The van der Waals surface area contributed by atoms with E-state index in [0.29, 0.717) is 0 Å². The standard InChI is InChI=1S/C21H23FN2O2/c1-13-4-7-16(8-5-13)15(3)23-21(26)17-11-20(25)24(12-17)19-9-6-14(2)10-18(19)22/h4-10,15,17H,11-12H2,1-3H3,(H,23,26). The Morgan fingerprint density at radius 1 is 1.15 bits per heavy atom. The minimum absolute atomic E-state index is 0.0970. The lowest BCUT2D eigenvalue weighted by molar-refractivity contribution is -0.126. The summed E-state index contributed by atoms with van der Waals surface area (Å²) in [4.78, 5) is 26.2. The number of aryl methyl sites for hydroxylation is 2. The van der Waals surface area contributed by atoms with Crippen molar-refractivity contribution in [2.45, 2.75) is 33.2 Å². The second-order valence-corrected chi connectivity index (χ2v) is 7.00. The van der Waals surface area contributed by atoms with E-state index in [0.717, 1.165) is 16.7 Å². The lowest BCUT2D eigenvalue weighted by Gasteiger charge is -2.19. The molecule has 26 heavy (non-hydrogen) atoms. The minimum atomic E-state index is -0.476. The van der Waals surface area contributed by atoms with Crippen LogP contribution < -0.4 is 10.2 Å². The lowest BCUT2D eigenvalue weighted by atomic mass is 10.0. The summed E-state index contributed by atoms with van der Waals surface area (Å²) in [7, 11) is 0. The molecule has 2 atom stereocenters. The first-order valence-electron chi connectivity index (χ1n) is 8.78. The van der Waals surface area contributed by atoms with Crippen LogP contribution in [0.5, 0.6) is 0 Å². The number of halogens is 1. The van der Waals surface area contributed by atoms with Gasteiger partial charge in [-0.2, -0.15) is 0 Å². The maximum atomic E-state index is 14.2. The maximum Gasteiger partial charge on any atom is 0.227 e. The number of anilines is 1. The van der Waals surface area contributed by atoms with E-state index >= 15 is 0 Å². The van der Waals surface area contributed by atoms with Crippen molar-refractivity contribution in [2.24, 2.45) is 5.92 Å². The highest BCUT2D eigenvalue weighted by Crippen LogP contribution is 2.28. The quantitative estimate of drug-likeness (QED) is 0.911. The largest absolute Gasteiger partial charge is 0.349 e. The topological polar surface area (TPSA) is 49.4 Å². The molecule has 0 aliphatic carbocycles. The highest BCUT2D eigenvalue weighted by molar-refractivity contribution is 6.00. The van der Waals surface area contributed by atoms with Gasteiger partial charge in [0, 0.05) is 13.0 Å². The zero-order valence-electron chi connectivity index (χ0n) is 15.3. The van der Waals surface area contributed by atoms with Crippen LogP contribution in [0.25, 0.3) is 0 Å². The molecular formula is C21H23FN2O2. The number of nitrogens with zero attached hydrogens (tertiary/aromatic N) is 1. The van der Waals surface area contributed by atoms with Crippen molar-refractivity contribution in [2.75, 3.05) is 11.4 Å². The van der Waals surface area contributed by atoms with Gasteiger partial charge in [-0.05, 0) is 44.0 Å². The molecule has 1 aliphatic heterocycles. The van der Waals surface area contributed by atoms with Gasteiger partial charge in [-0.15, -0.1) is 0 Å². The first kappa shape index (κ1) is 18.1. The number of hydrogen-bond donors (Lipinski definition) is 1. The fraction of sp³-hybridized carbons (Fsp3) is 0.333. The lowest BCUT2D eigenvalue weighted by Crippen LogP contribution is -2.34. The highest BCUT2D eigenvalue weighted by atomic mass is 19.1. The fourth-order valence-electron chi connectivity index (χ4n) is 3.22. The van der Waals surface area contributed by atoms with E-state index in [-0.39, 0.29) is 36.5 Å². The normalized spacial score (nSPS) is 18.1. The van der Waals surface area contributed by atoms with E-state index in [1.165, 1.54) is 11.0 Å². The Labute approximate surface area is 153 Å². The molecule has 1 heterocycles. The van der Waals surface area contributed by atoms with Crippen LogP contribution in [-0.2, 0) is 9.59 Å². The molecule has 0 aromatic heterocycles. The summed E-state index contributed by atoms with van der Waals surface area (Å²) in [5.41, 5.74) is 3.20. The van der Waals surface area contributed by atoms with Crippen LogP contribution in [0, 0.1) is 25.6 Å². The summed E-state index contributed by atoms with van der Waals surface area (Å²) in [5, 5.41) is 2.96. The number of nitrogens with one attached hydrogen (secondary N) is 1. The third-order valence-electron chi connectivity index (χ3n) is 4.83. The van der Waals surface area contributed by atoms with E-state index in [1.54, 1.807) is 19.1 Å². The third-order valence-corrected chi connectivity index (χ3v) is 4.83. The van der Waals surface area contributed by atoms with Crippen molar-refractivity contribution < 1.29 is 14.0 Å². The molecule has 0 saturated carbocycles. The van der Waals surface area contributed by atoms with Gasteiger partial charge in [-0.25, -0.2) is 4.39 Å². The predicted molar refractivity (Wildman–Crippen MR) is 99.3 cm³/mol. The number of carbonyl (C=O) groups excluding carboxylic acids is 2. The molecule has 0 radical (unpaired) electrons. The zero-order valence-corrected chi connectivity index (χ0v) is 15.3. The van der Waals surface area contributed by atoms with Crippen molar-refractivity contribution in [3.63, 3.8) is 0 Å². The first-order chi connectivity index (χ1) is 12.3. The zero-order chi connectivity index (χ0) is 18.8. The second-order valence-electron chi connectivity index (χ2n) is 7.00. The SMILES string of the molecule is Cc1ccc(C(C)NC(=O)C2CC(=O)N(c3ccc(C)cc3F)C2)cc1. The fourth-order valence-corrected chi connectivity index (χ4v) is 3.22. The van der Waals surface area contributed by atoms with E-state index < -0.39 is 11.7 Å². The third kappa shape index (κ3) is 3.77. The van der Waals surface area contributed by atoms with E-state index in [1.807, 2.05) is 38.1 Å². The van der Waals surface area contributed by atoms with Crippen LogP contribution in [0.4, 0.5) is 10.1 Å². The summed E-state index contributed by atoms with van der Waals surface area (Å²) < 4.78 is 14.2. The van der Waals surface area contributed by atoms with Crippen LogP contribution in [0.2, 0.25) is 0 Å². The Morgan fingerprint density at radius 2 is 1.81 bits per heavy atom. The molecule has 0 spiro atoms. The number of carbonyl (C=O) groups is 2. The molecule has 2 aromatic carbocycles. The number of hydrogen-bond acceptors (Lipinski definition) is 2. The van der Waals surface area contributed by atoms with Gasteiger partial charge in [-0.3, -0.25) is 9.59 Å². The minimum Gasteiger partial charge on any atom is -0.349 e. The molecule has 1 N–H and O–H groups in total. The van der Waals surface area contributed by atoms with Crippen molar-refractivity contribution >= 4 is 17.5 Å². The van der Waals surface area contributed by atoms with Gasteiger partial charge in [0.2, 0.25) is 11.8 Å². The Bertz CT molecular complexity index is 832. The number of rotatable bonds is 4. The van der Waals surface area contributed by atoms with Crippen LogP contribution in [0.15, 0.2) is 42.5 Å². The van der Waals surface area contributed by atoms with Gasteiger partial charge in [-0.1, -0.05) is 35.9 Å². The first-order valence-corrected chi connectivity index (χ1v) is 8.78. The van der Waals surface area contributed by atoms with E-state index in [9.17, 15) is 14.0 Å². The van der Waals surface area contributed by atoms with Crippen molar-refractivity contribution in [3.05, 3.63) is 65.0 Å². The summed E-state index contributed by atoms with van der Waals surface area (Å²) in [6.07, 6.45) is 0.0970. The Balaban J connectivity index is 1.67. The molecular weight excluding hydrogens is 331 g/mol. The van der Waals surface area contributed by atoms with Crippen LogP contribution in [0.3, 0.4) is 0 Å². The summed E-state index contributed by atoms with van der Waals surface area (Å²) >= 11 is 0. The number of amides is 2. The Morgan fingerprint density at radius 3 is 2.46 bits per heavy atom. The Hall–Kier alpha value is -2.69. The smallest absolute Gasteiger partial charge is 0.227 e. The van der Waals surface area contributed by atoms with Gasteiger partial charge in [0.1, 0.15) is 5.82 Å². The van der Waals surface area contributed by atoms with Crippen molar-refractivity contribution in [1.29, 1.82) is 0 Å². The van der Waals surface area contributed by atoms with Crippen molar-refractivity contribution in [3.8, 4) is 0 Å². The average molecular weight is 354 g/mol. The van der Waals surface area contributed by atoms with Gasteiger partial charge in [0.15, 0.2) is 0 Å². The summed E-state index contributed by atoms with van der Waals surface area (Å²) in [6.45, 7) is 5.92. The molecule has 2 amide bonds. The van der Waals surface area contributed by atoms with Gasteiger partial charge in [0.25, 0.3) is 0 Å². The molecule has 4 nitrogen and oxygen atoms in total. The highest BCUT2D eigenvalue weighted by Gasteiger charge is 2.36. The van der Waals surface area contributed by atoms with Crippen LogP contribution in [-0.4, -0.2) is 18.4 Å². The molecule has 2 aromatic rings. The average Bonchev–Trinajstić information content (AvgIpc) is 2.97. The van der Waals surface area contributed by atoms with Crippen molar-refractivity contribution in [1.82, 2.24) is 5.32 Å². The predicted octanol–water partition coefficient (Wildman–Crippen LogP) is 3.67. The van der Waals surface area contributed by atoms with Crippen LogP contribution in [0.1, 0.15) is 36.1 Å². The van der Waals surface area contributed by atoms with Crippen LogP contribution >= 0.6 is 0 Å². The van der Waals surface area contributed by atoms with Gasteiger partial charge >= 0.3 is 0 Å². The maximum absolute atomic E-state index is 14.2. The molecule has 1 aliphatic rings. The molecule has 5 heteroatoms.